The monoisotopic (exact) mass is 553 g/mol. The molecule has 5 rings (SSSR count). The van der Waals surface area contributed by atoms with Crippen molar-refractivity contribution in [2.45, 2.75) is 14.7 Å². The standard InChI is InChI=1S/C18H11NO2S.C6HF5O3S/c20-17-13-8-4-7-12-15(22-11-5-2-1-3-6-11)10-9-14(16(12)13)18(21)19-17;7-1-2(8)4(10)6(15(12,13)14)5(11)3(1)9/h1-10H,(H,19,20,21);(H,12,13,14). The zero-order valence-corrected chi connectivity index (χ0v) is 19.7. The summed E-state index contributed by atoms with van der Waals surface area (Å²) in [7, 11) is -5.52. The normalized spacial score (nSPS) is 12.7. The summed E-state index contributed by atoms with van der Waals surface area (Å²) in [5, 5.41) is 4.06. The quantitative estimate of drug-likeness (QED) is 0.114. The molecule has 0 bridgehead atoms. The van der Waals surface area contributed by atoms with Gasteiger partial charge in [0, 0.05) is 26.3 Å². The van der Waals surface area contributed by atoms with Crippen molar-refractivity contribution in [2.75, 3.05) is 0 Å². The third-order valence-corrected chi connectivity index (χ3v) is 7.07. The average Bonchev–Trinajstić information content (AvgIpc) is 2.86. The Morgan fingerprint density at radius 1 is 0.676 bits per heavy atom. The van der Waals surface area contributed by atoms with Crippen LogP contribution in [0.3, 0.4) is 0 Å². The molecule has 0 fully saturated rings. The van der Waals surface area contributed by atoms with Gasteiger partial charge in [-0.2, -0.15) is 8.42 Å². The van der Waals surface area contributed by atoms with E-state index < -0.39 is 44.1 Å². The lowest BCUT2D eigenvalue weighted by atomic mass is 9.95. The first kappa shape index (κ1) is 26.3. The Hall–Kier alpha value is -3.81. The number of rotatable bonds is 3. The summed E-state index contributed by atoms with van der Waals surface area (Å²) in [4.78, 5) is 23.9. The van der Waals surface area contributed by atoms with Crippen LogP contribution >= 0.6 is 11.8 Å². The van der Waals surface area contributed by atoms with E-state index >= 15 is 0 Å². The number of halogens is 5. The number of carbonyl (C=O) groups is 2. The third-order valence-electron chi connectivity index (χ3n) is 5.12. The highest BCUT2D eigenvalue weighted by Gasteiger charge is 2.32. The SMILES string of the molecule is O=C1NC(=O)c2ccc(Sc3ccccc3)c3cccc1c23.O=S(=O)(O)c1c(F)c(F)c(F)c(F)c1F. The molecule has 1 aliphatic heterocycles. The molecule has 0 spiro atoms. The van der Waals surface area contributed by atoms with Crippen LogP contribution in [0.1, 0.15) is 20.7 Å². The first-order chi connectivity index (χ1) is 17.4. The van der Waals surface area contributed by atoms with E-state index in [4.69, 9.17) is 4.55 Å². The molecule has 0 radical (unpaired) electrons. The molecule has 0 aromatic heterocycles. The maximum Gasteiger partial charge on any atom is 0.300 e. The molecule has 0 aliphatic carbocycles. The molecule has 37 heavy (non-hydrogen) atoms. The van der Waals surface area contributed by atoms with E-state index in [0.717, 1.165) is 20.6 Å². The van der Waals surface area contributed by atoms with Crippen LogP contribution in [-0.2, 0) is 10.1 Å². The predicted molar refractivity (Wildman–Crippen MR) is 122 cm³/mol. The van der Waals surface area contributed by atoms with Gasteiger partial charge in [-0.05, 0) is 35.7 Å². The lowest BCUT2D eigenvalue weighted by Gasteiger charge is -2.18. The fraction of sp³-hybridized carbons (Fsp3) is 0. The third kappa shape index (κ3) is 4.92. The predicted octanol–water partition coefficient (Wildman–Crippen LogP) is 5.50. The molecular weight excluding hydrogens is 541 g/mol. The summed E-state index contributed by atoms with van der Waals surface area (Å²) < 4.78 is 91.3. The number of hydrogen-bond acceptors (Lipinski definition) is 5. The summed E-state index contributed by atoms with van der Waals surface area (Å²) in [6, 6.07) is 19.3. The zero-order valence-electron chi connectivity index (χ0n) is 18.1. The van der Waals surface area contributed by atoms with Gasteiger partial charge in [-0.25, -0.2) is 22.0 Å². The van der Waals surface area contributed by atoms with Crippen LogP contribution in [0.5, 0.6) is 0 Å². The molecule has 0 unspecified atom stereocenters. The van der Waals surface area contributed by atoms with Gasteiger partial charge in [0.25, 0.3) is 11.8 Å². The number of benzene rings is 4. The van der Waals surface area contributed by atoms with Crippen molar-refractivity contribution < 1.29 is 44.5 Å². The summed E-state index contributed by atoms with van der Waals surface area (Å²) in [5.74, 6) is -13.3. The Morgan fingerprint density at radius 3 is 1.78 bits per heavy atom. The van der Waals surface area contributed by atoms with Crippen LogP contribution in [0.25, 0.3) is 10.8 Å². The highest BCUT2D eigenvalue weighted by molar-refractivity contribution is 7.99. The van der Waals surface area contributed by atoms with Gasteiger partial charge in [-0.15, -0.1) is 0 Å². The van der Waals surface area contributed by atoms with Gasteiger partial charge < -0.3 is 0 Å². The number of hydrogen-bond donors (Lipinski definition) is 2. The zero-order chi connectivity index (χ0) is 27.1. The van der Waals surface area contributed by atoms with Crippen LogP contribution in [0.4, 0.5) is 22.0 Å². The highest BCUT2D eigenvalue weighted by Crippen LogP contribution is 2.37. The summed E-state index contributed by atoms with van der Waals surface area (Å²) >= 11 is 1.63. The highest BCUT2D eigenvalue weighted by atomic mass is 32.2. The van der Waals surface area contributed by atoms with Crippen molar-refractivity contribution >= 4 is 44.5 Å². The van der Waals surface area contributed by atoms with Crippen molar-refractivity contribution in [3.05, 3.63) is 101 Å². The Bertz CT molecular complexity index is 1650. The van der Waals surface area contributed by atoms with Crippen molar-refractivity contribution in [3.8, 4) is 0 Å². The Kier molecular flexibility index (Phi) is 7.04. The van der Waals surface area contributed by atoms with Gasteiger partial charge >= 0.3 is 10.1 Å². The van der Waals surface area contributed by atoms with E-state index in [1.807, 2.05) is 48.5 Å². The minimum atomic E-state index is -5.52. The van der Waals surface area contributed by atoms with Gasteiger partial charge in [0.15, 0.2) is 28.2 Å². The van der Waals surface area contributed by atoms with Crippen LogP contribution in [-0.4, -0.2) is 24.8 Å². The van der Waals surface area contributed by atoms with E-state index in [0.29, 0.717) is 11.1 Å². The summed E-state index contributed by atoms with van der Waals surface area (Å²) in [6.45, 7) is 0. The van der Waals surface area contributed by atoms with Crippen molar-refractivity contribution in [2.24, 2.45) is 0 Å². The minimum absolute atomic E-state index is 0.329. The fourth-order valence-corrected chi connectivity index (χ4v) is 5.11. The average molecular weight is 553 g/mol. The Morgan fingerprint density at radius 2 is 1.22 bits per heavy atom. The molecule has 0 saturated heterocycles. The van der Waals surface area contributed by atoms with E-state index in [2.05, 4.69) is 5.32 Å². The van der Waals surface area contributed by atoms with E-state index in [1.165, 1.54) is 0 Å². The van der Waals surface area contributed by atoms with Gasteiger partial charge in [0.2, 0.25) is 5.82 Å². The van der Waals surface area contributed by atoms with Gasteiger partial charge in [-0.3, -0.25) is 19.5 Å². The van der Waals surface area contributed by atoms with E-state index in [9.17, 15) is 40.0 Å². The first-order valence-corrected chi connectivity index (χ1v) is 12.3. The van der Waals surface area contributed by atoms with E-state index in [-0.39, 0.29) is 11.8 Å². The second-order valence-electron chi connectivity index (χ2n) is 7.41. The van der Waals surface area contributed by atoms with Crippen LogP contribution in [0.15, 0.2) is 75.4 Å². The number of carbonyl (C=O) groups excluding carboxylic acids is 2. The lowest BCUT2D eigenvalue weighted by molar-refractivity contribution is 0.0844. The maximum absolute atomic E-state index is 12.6. The van der Waals surface area contributed by atoms with Crippen molar-refractivity contribution in [1.29, 1.82) is 0 Å². The maximum atomic E-state index is 12.6. The Balaban J connectivity index is 0.000000188. The second kappa shape index (κ2) is 9.92. The minimum Gasteiger partial charge on any atom is -0.288 e. The largest absolute Gasteiger partial charge is 0.300 e. The molecule has 2 N–H and O–H groups in total. The summed E-state index contributed by atoms with van der Waals surface area (Å²) in [5.41, 5.74) is 1.12. The number of imide groups is 1. The molecule has 1 aliphatic rings. The van der Waals surface area contributed by atoms with Crippen LogP contribution < -0.4 is 5.32 Å². The van der Waals surface area contributed by atoms with Gasteiger partial charge in [0.05, 0.1) is 0 Å². The van der Waals surface area contributed by atoms with Crippen LogP contribution in [0, 0.1) is 29.1 Å². The topological polar surface area (TPSA) is 101 Å². The molecule has 0 atom stereocenters. The molecule has 4 aromatic rings. The summed E-state index contributed by atoms with van der Waals surface area (Å²) in [6.07, 6.45) is 0. The number of amides is 2. The molecule has 6 nitrogen and oxygen atoms in total. The first-order valence-electron chi connectivity index (χ1n) is 10.0. The molecule has 190 valence electrons. The molecule has 1 heterocycles. The fourth-order valence-electron chi connectivity index (χ4n) is 3.51. The van der Waals surface area contributed by atoms with Gasteiger partial charge in [-0.1, -0.05) is 42.1 Å². The van der Waals surface area contributed by atoms with Crippen molar-refractivity contribution in [3.63, 3.8) is 0 Å². The Labute approximate surface area is 209 Å². The lowest BCUT2D eigenvalue weighted by Crippen LogP contribution is -2.34. The molecular formula is C24H12F5NO5S2. The van der Waals surface area contributed by atoms with Gasteiger partial charge in [0.1, 0.15) is 0 Å². The number of nitrogens with one attached hydrogen (secondary N) is 1. The molecule has 13 heteroatoms. The molecule has 4 aromatic carbocycles. The van der Waals surface area contributed by atoms with E-state index in [1.54, 1.807) is 23.9 Å². The van der Waals surface area contributed by atoms with Crippen molar-refractivity contribution in [1.82, 2.24) is 5.32 Å². The molecule has 2 amide bonds. The van der Waals surface area contributed by atoms with Crippen LogP contribution in [0.2, 0.25) is 0 Å². The second-order valence-corrected chi connectivity index (χ2v) is 9.89. The molecule has 0 saturated carbocycles. The smallest absolute Gasteiger partial charge is 0.288 e.